The second-order valence-corrected chi connectivity index (χ2v) is 13.0. The van der Waals surface area contributed by atoms with Crippen molar-refractivity contribution in [1.82, 2.24) is 4.98 Å². The van der Waals surface area contributed by atoms with E-state index in [1.165, 1.54) is 17.6 Å². The van der Waals surface area contributed by atoms with Gasteiger partial charge in [0.05, 0.1) is 20.5 Å². The molecule has 1 aromatic heterocycles. The SMILES string of the molecule is CS(=O)(=O)c1ccc2nc(Nc3ccc(-c4ccc(C(=O)CC5(C(=O)O)CCCCC5)cc4)cc3)sc2c1. The van der Waals surface area contributed by atoms with E-state index in [1.54, 1.807) is 30.3 Å². The molecule has 1 aliphatic rings. The number of aliphatic carboxylic acids is 1. The fraction of sp³-hybridized carbons (Fsp3) is 0.276. The Hall–Kier alpha value is -3.56. The van der Waals surface area contributed by atoms with Crippen molar-refractivity contribution in [3.05, 3.63) is 72.3 Å². The number of carbonyl (C=O) groups excluding carboxylic acids is 1. The quantitative estimate of drug-likeness (QED) is 0.235. The van der Waals surface area contributed by atoms with E-state index < -0.39 is 21.2 Å². The molecule has 3 aromatic carbocycles. The maximum atomic E-state index is 12.9. The molecule has 0 amide bonds. The lowest BCUT2D eigenvalue weighted by atomic mass is 9.70. The minimum Gasteiger partial charge on any atom is -0.481 e. The predicted molar refractivity (Wildman–Crippen MR) is 150 cm³/mol. The van der Waals surface area contributed by atoms with Gasteiger partial charge in [-0.25, -0.2) is 13.4 Å². The van der Waals surface area contributed by atoms with Crippen LogP contribution in [0.15, 0.2) is 71.6 Å². The summed E-state index contributed by atoms with van der Waals surface area (Å²) < 4.78 is 24.4. The van der Waals surface area contributed by atoms with Crippen LogP contribution in [-0.2, 0) is 14.6 Å². The summed E-state index contributed by atoms with van der Waals surface area (Å²) in [6.45, 7) is 0. The van der Waals surface area contributed by atoms with Crippen LogP contribution in [0.5, 0.6) is 0 Å². The maximum Gasteiger partial charge on any atom is 0.310 e. The smallest absolute Gasteiger partial charge is 0.310 e. The second kappa shape index (κ2) is 10.3. The van der Waals surface area contributed by atoms with Crippen LogP contribution in [-0.4, -0.2) is 36.5 Å². The Morgan fingerprint density at radius 3 is 2.18 bits per heavy atom. The molecule has 0 aliphatic heterocycles. The summed E-state index contributed by atoms with van der Waals surface area (Å²) in [6.07, 6.45) is 5.09. The van der Waals surface area contributed by atoms with Crippen LogP contribution >= 0.6 is 11.3 Å². The first-order valence-corrected chi connectivity index (χ1v) is 15.2. The maximum absolute atomic E-state index is 12.9. The van der Waals surface area contributed by atoms with Gasteiger partial charge in [-0.05, 0) is 54.3 Å². The van der Waals surface area contributed by atoms with E-state index in [4.69, 9.17) is 0 Å². The Balaban J connectivity index is 1.26. The molecule has 1 fully saturated rings. The van der Waals surface area contributed by atoms with Gasteiger partial charge in [-0.3, -0.25) is 9.59 Å². The highest BCUT2D eigenvalue weighted by molar-refractivity contribution is 7.90. The molecule has 4 aromatic rings. The lowest BCUT2D eigenvalue weighted by molar-refractivity contribution is -0.150. The number of thiazole rings is 1. The number of carboxylic acids is 1. The van der Waals surface area contributed by atoms with Gasteiger partial charge in [0.25, 0.3) is 0 Å². The summed E-state index contributed by atoms with van der Waals surface area (Å²) in [5, 5.41) is 13.7. The lowest BCUT2D eigenvalue weighted by Gasteiger charge is -2.32. The molecule has 9 heteroatoms. The van der Waals surface area contributed by atoms with Crippen LogP contribution < -0.4 is 5.32 Å². The molecule has 2 N–H and O–H groups in total. The number of benzene rings is 3. The van der Waals surface area contributed by atoms with Gasteiger partial charge in [0.2, 0.25) is 0 Å². The van der Waals surface area contributed by atoms with Gasteiger partial charge in [0, 0.05) is 23.9 Å². The molecular weight excluding hydrogens is 520 g/mol. The molecule has 0 atom stereocenters. The molecular formula is C29H28N2O5S2. The van der Waals surface area contributed by atoms with Gasteiger partial charge in [0.15, 0.2) is 20.8 Å². The molecule has 7 nitrogen and oxygen atoms in total. The van der Waals surface area contributed by atoms with Crippen LogP contribution in [0.2, 0.25) is 0 Å². The van der Waals surface area contributed by atoms with Crippen LogP contribution in [0.3, 0.4) is 0 Å². The van der Waals surface area contributed by atoms with E-state index in [9.17, 15) is 23.1 Å². The number of anilines is 2. The number of Topliss-reactive ketones (excluding diaryl/α,β-unsaturated/α-hetero) is 1. The van der Waals surface area contributed by atoms with E-state index in [2.05, 4.69) is 10.3 Å². The normalized spacial score (nSPS) is 15.3. The molecule has 1 heterocycles. The van der Waals surface area contributed by atoms with Crippen molar-refractivity contribution in [3.8, 4) is 11.1 Å². The van der Waals surface area contributed by atoms with E-state index >= 15 is 0 Å². The molecule has 196 valence electrons. The van der Waals surface area contributed by atoms with Gasteiger partial charge in [-0.2, -0.15) is 0 Å². The minimum absolute atomic E-state index is 0.0450. The van der Waals surface area contributed by atoms with Crippen LogP contribution in [0.25, 0.3) is 21.3 Å². The molecule has 0 unspecified atom stereocenters. The van der Waals surface area contributed by atoms with E-state index in [0.29, 0.717) is 23.5 Å². The Labute approximate surface area is 225 Å². The van der Waals surface area contributed by atoms with Crippen molar-refractivity contribution in [2.45, 2.75) is 43.4 Å². The molecule has 38 heavy (non-hydrogen) atoms. The van der Waals surface area contributed by atoms with E-state index in [1.807, 2.05) is 36.4 Å². The number of nitrogens with one attached hydrogen (secondary N) is 1. The van der Waals surface area contributed by atoms with E-state index in [-0.39, 0.29) is 17.1 Å². The topological polar surface area (TPSA) is 113 Å². The summed E-state index contributed by atoms with van der Waals surface area (Å²) in [5.74, 6) is -0.986. The number of ketones is 1. The van der Waals surface area contributed by atoms with Crippen molar-refractivity contribution in [2.75, 3.05) is 11.6 Å². The van der Waals surface area contributed by atoms with Crippen LogP contribution in [0, 0.1) is 5.41 Å². The molecule has 1 aliphatic carbocycles. The number of nitrogens with zero attached hydrogens (tertiary/aromatic N) is 1. The van der Waals surface area contributed by atoms with Crippen molar-refractivity contribution < 1.29 is 23.1 Å². The highest BCUT2D eigenvalue weighted by atomic mass is 32.2. The number of fused-ring (bicyclic) bond motifs is 1. The van der Waals surface area contributed by atoms with Crippen molar-refractivity contribution in [1.29, 1.82) is 0 Å². The highest BCUT2D eigenvalue weighted by Crippen LogP contribution is 2.40. The monoisotopic (exact) mass is 548 g/mol. The zero-order chi connectivity index (χ0) is 26.9. The number of rotatable bonds is 8. The third kappa shape index (κ3) is 5.49. The number of sulfone groups is 1. The summed E-state index contributed by atoms with van der Waals surface area (Å²) >= 11 is 1.39. The number of hydrogen-bond donors (Lipinski definition) is 2. The second-order valence-electron chi connectivity index (χ2n) is 9.95. The Morgan fingerprint density at radius 2 is 1.58 bits per heavy atom. The van der Waals surface area contributed by atoms with Gasteiger partial charge in [0.1, 0.15) is 0 Å². The molecule has 0 saturated heterocycles. The third-order valence-electron chi connectivity index (χ3n) is 7.23. The first-order chi connectivity index (χ1) is 18.1. The first kappa shape index (κ1) is 26.1. The number of aromatic nitrogens is 1. The molecule has 0 radical (unpaired) electrons. The largest absolute Gasteiger partial charge is 0.481 e. The number of hydrogen-bond acceptors (Lipinski definition) is 7. The Bertz CT molecular complexity index is 1600. The van der Waals surface area contributed by atoms with Gasteiger partial charge in [-0.15, -0.1) is 0 Å². The molecule has 0 spiro atoms. The average molecular weight is 549 g/mol. The minimum atomic E-state index is -3.28. The lowest BCUT2D eigenvalue weighted by Crippen LogP contribution is -2.35. The van der Waals surface area contributed by atoms with Crippen LogP contribution in [0.1, 0.15) is 48.9 Å². The Kier molecular flexibility index (Phi) is 7.07. The van der Waals surface area contributed by atoms with Crippen molar-refractivity contribution in [2.24, 2.45) is 5.41 Å². The van der Waals surface area contributed by atoms with Gasteiger partial charge in [-0.1, -0.05) is 67.0 Å². The first-order valence-electron chi connectivity index (χ1n) is 12.5. The van der Waals surface area contributed by atoms with Crippen LogP contribution in [0.4, 0.5) is 10.8 Å². The zero-order valence-electron chi connectivity index (χ0n) is 20.9. The standard InChI is InChI=1S/C29H28N2O5S2/c1-38(35,36)23-13-14-24-26(17-23)37-28(31-24)30-22-11-9-20(10-12-22)19-5-7-21(8-6-19)25(32)18-29(27(33)34)15-3-2-4-16-29/h5-14,17H,2-4,15-16,18H2,1H3,(H,30,31)(H,33,34). The van der Waals surface area contributed by atoms with Gasteiger partial charge >= 0.3 is 5.97 Å². The summed E-state index contributed by atoms with van der Waals surface area (Å²) in [4.78, 5) is 29.7. The van der Waals surface area contributed by atoms with Crippen molar-refractivity contribution >= 4 is 54.0 Å². The van der Waals surface area contributed by atoms with E-state index in [0.717, 1.165) is 46.3 Å². The number of carboxylic acid groups (broad SMARTS) is 1. The average Bonchev–Trinajstić information content (AvgIpc) is 3.31. The number of carbonyl (C=O) groups is 2. The highest BCUT2D eigenvalue weighted by Gasteiger charge is 2.41. The summed E-state index contributed by atoms with van der Waals surface area (Å²) in [7, 11) is -3.28. The van der Waals surface area contributed by atoms with Gasteiger partial charge < -0.3 is 10.4 Å². The predicted octanol–water partition coefficient (Wildman–Crippen LogP) is 6.72. The fourth-order valence-corrected chi connectivity index (χ4v) is 6.66. The molecule has 0 bridgehead atoms. The third-order valence-corrected chi connectivity index (χ3v) is 9.27. The van der Waals surface area contributed by atoms with Crippen molar-refractivity contribution in [3.63, 3.8) is 0 Å². The summed E-state index contributed by atoms with van der Waals surface area (Å²) in [5.41, 5.74) is 3.10. The molecule has 1 saturated carbocycles. The summed E-state index contributed by atoms with van der Waals surface area (Å²) in [6, 6.07) is 20.0. The Morgan fingerprint density at radius 1 is 0.947 bits per heavy atom. The zero-order valence-corrected chi connectivity index (χ0v) is 22.6. The molecule has 5 rings (SSSR count). The fourth-order valence-electron chi connectivity index (χ4n) is 5.01.